The summed E-state index contributed by atoms with van der Waals surface area (Å²) in [6.07, 6.45) is 6.94. The summed E-state index contributed by atoms with van der Waals surface area (Å²) in [5.74, 6) is -0.183. The molecular weight excluding hydrogens is 412 g/mol. The van der Waals surface area contributed by atoms with Gasteiger partial charge in [0.05, 0.1) is 10.5 Å². The van der Waals surface area contributed by atoms with Gasteiger partial charge in [-0.05, 0) is 69.9 Å². The number of anilines is 1. The zero-order valence-electron chi connectivity index (χ0n) is 19.1. The molecule has 0 spiro atoms. The number of carbonyl (C=O) groups is 1. The number of hydrogen-bond donors (Lipinski definition) is 1. The molecule has 0 radical (unpaired) electrons. The molecular formula is C23H38N4O3S. The fourth-order valence-electron chi connectivity index (χ4n) is 4.59. The van der Waals surface area contributed by atoms with Crippen LogP contribution < -0.4 is 10.2 Å². The lowest BCUT2D eigenvalue weighted by atomic mass is 10.1. The monoisotopic (exact) mass is 450 g/mol. The highest BCUT2D eigenvalue weighted by molar-refractivity contribution is 7.89. The SMILES string of the molecule is CCN(CC)S(=O)(=O)c1ccc(N2CCCC2)c(C(=O)NCCCN2CCCCC2)c1. The number of piperidine rings is 1. The van der Waals surface area contributed by atoms with E-state index in [1.165, 1.54) is 23.6 Å². The van der Waals surface area contributed by atoms with Crippen molar-refractivity contribution >= 4 is 21.6 Å². The van der Waals surface area contributed by atoms with Crippen molar-refractivity contribution in [3.05, 3.63) is 23.8 Å². The first-order valence-corrected chi connectivity index (χ1v) is 13.3. The molecule has 0 atom stereocenters. The molecule has 1 N–H and O–H groups in total. The summed E-state index contributed by atoms with van der Waals surface area (Å²) in [6, 6.07) is 5.03. The van der Waals surface area contributed by atoms with E-state index in [1.807, 2.05) is 19.9 Å². The van der Waals surface area contributed by atoms with Gasteiger partial charge in [0.15, 0.2) is 0 Å². The second-order valence-electron chi connectivity index (χ2n) is 8.47. The molecule has 174 valence electrons. The van der Waals surface area contributed by atoms with Crippen molar-refractivity contribution in [1.29, 1.82) is 0 Å². The van der Waals surface area contributed by atoms with Crippen LogP contribution in [0.25, 0.3) is 0 Å². The number of hydrogen-bond acceptors (Lipinski definition) is 5. The molecule has 0 unspecified atom stereocenters. The zero-order valence-corrected chi connectivity index (χ0v) is 19.9. The van der Waals surface area contributed by atoms with Crippen molar-refractivity contribution in [3.8, 4) is 0 Å². The number of sulfonamides is 1. The van der Waals surface area contributed by atoms with Gasteiger partial charge in [0.2, 0.25) is 10.0 Å². The quantitative estimate of drug-likeness (QED) is 0.555. The number of carbonyl (C=O) groups excluding carboxylic acids is 1. The van der Waals surface area contributed by atoms with Crippen molar-refractivity contribution in [2.24, 2.45) is 0 Å². The van der Waals surface area contributed by atoms with E-state index in [0.717, 1.165) is 57.7 Å². The Hall–Kier alpha value is -1.64. The second kappa shape index (κ2) is 11.3. The minimum atomic E-state index is -3.61. The molecule has 31 heavy (non-hydrogen) atoms. The van der Waals surface area contributed by atoms with Gasteiger partial charge in [0.25, 0.3) is 5.91 Å². The summed E-state index contributed by atoms with van der Waals surface area (Å²) >= 11 is 0. The standard InChI is InChI=1S/C23H38N4O3S/c1-3-27(4-2)31(29,30)20-11-12-22(26-17-8-9-18-26)21(19-20)23(28)24-13-10-16-25-14-6-5-7-15-25/h11-12,19H,3-10,13-18H2,1-2H3,(H,24,28). The summed E-state index contributed by atoms with van der Waals surface area (Å²) in [5.41, 5.74) is 1.30. The molecule has 2 aliphatic rings. The van der Waals surface area contributed by atoms with Crippen molar-refractivity contribution in [2.75, 3.05) is 57.3 Å². The Labute approximate surface area is 187 Å². The number of benzene rings is 1. The van der Waals surface area contributed by atoms with Gasteiger partial charge in [0.1, 0.15) is 0 Å². The topological polar surface area (TPSA) is 73.0 Å². The predicted octanol–water partition coefficient (Wildman–Crippen LogP) is 2.92. The molecule has 1 aromatic rings. The highest BCUT2D eigenvalue weighted by Gasteiger charge is 2.26. The Morgan fingerprint density at radius 3 is 2.29 bits per heavy atom. The Morgan fingerprint density at radius 1 is 1.00 bits per heavy atom. The van der Waals surface area contributed by atoms with Gasteiger partial charge in [-0.3, -0.25) is 4.79 Å². The van der Waals surface area contributed by atoms with Gasteiger partial charge in [-0.1, -0.05) is 20.3 Å². The first kappa shape index (κ1) is 24.0. The molecule has 7 nitrogen and oxygen atoms in total. The summed E-state index contributed by atoms with van der Waals surface area (Å²) in [6.45, 7) is 10.2. The van der Waals surface area contributed by atoms with E-state index in [2.05, 4.69) is 15.1 Å². The molecule has 2 saturated heterocycles. The molecule has 2 heterocycles. The summed E-state index contributed by atoms with van der Waals surface area (Å²) < 4.78 is 27.5. The number of rotatable bonds is 10. The maximum Gasteiger partial charge on any atom is 0.253 e. The van der Waals surface area contributed by atoms with E-state index in [4.69, 9.17) is 0 Å². The second-order valence-corrected chi connectivity index (χ2v) is 10.4. The van der Waals surface area contributed by atoms with Crippen LogP contribution in [-0.4, -0.2) is 75.9 Å². The van der Waals surface area contributed by atoms with Gasteiger partial charge >= 0.3 is 0 Å². The lowest BCUT2D eigenvalue weighted by Gasteiger charge is -2.26. The lowest BCUT2D eigenvalue weighted by Crippen LogP contribution is -2.34. The van der Waals surface area contributed by atoms with E-state index < -0.39 is 10.0 Å². The van der Waals surface area contributed by atoms with Crippen LogP contribution in [0.15, 0.2) is 23.1 Å². The number of nitrogens with zero attached hydrogens (tertiary/aromatic N) is 3. The van der Waals surface area contributed by atoms with Crippen LogP contribution in [0.2, 0.25) is 0 Å². The number of nitrogens with one attached hydrogen (secondary N) is 1. The average Bonchev–Trinajstić information content (AvgIpc) is 3.32. The van der Waals surface area contributed by atoms with Crippen molar-refractivity contribution in [2.45, 2.75) is 57.3 Å². The summed E-state index contributed by atoms with van der Waals surface area (Å²) in [7, 11) is -3.61. The van der Waals surface area contributed by atoms with Gasteiger partial charge < -0.3 is 15.1 Å². The third kappa shape index (κ3) is 5.99. The summed E-state index contributed by atoms with van der Waals surface area (Å²) in [5, 5.41) is 3.04. The molecule has 0 aliphatic carbocycles. The zero-order chi connectivity index (χ0) is 22.3. The van der Waals surface area contributed by atoms with Gasteiger partial charge in [0, 0.05) is 38.4 Å². The number of amides is 1. The molecule has 0 bridgehead atoms. The van der Waals surface area contributed by atoms with Gasteiger partial charge in [-0.15, -0.1) is 0 Å². The van der Waals surface area contributed by atoms with Crippen LogP contribution >= 0.6 is 0 Å². The van der Waals surface area contributed by atoms with Crippen LogP contribution in [0.3, 0.4) is 0 Å². The molecule has 1 amide bonds. The third-order valence-electron chi connectivity index (χ3n) is 6.39. The smallest absolute Gasteiger partial charge is 0.253 e. The normalized spacial score (nSPS) is 18.0. The first-order chi connectivity index (χ1) is 15.0. The Balaban J connectivity index is 1.74. The van der Waals surface area contributed by atoms with E-state index >= 15 is 0 Å². The Kier molecular flexibility index (Phi) is 8.75. The maximum absolute atomic E-state index is 13.1. The van der Waals surface area contributed by atoms with Crippen LogP contribution in [0.1, 0.15) is 62.7 Å². The lowest BCUT2D eigenvalue weighted by molar-refractivity contribution is 0.0951. The molecule has 2 fully saturated rings. The Bertz CT molecular complexity index is 827. The van der Waals surface area contributed by atoms with Crippen LogP contribution in [0.5, 0.6) is 0 Å². The van der Waals surface area contributed by atoms with Crippen LogP contribution in [0, 0.1) is 0 Å². The molecule has 2 aliphatic heterocycles. The largest absolute Gasteiger partial charge is 0.371 e. The molecule has 8 heteroatoms. The Morgan fingerprint density at radius 2 is 1.65 bits per heavy atom. The predicted molar refractivity (Wildman–Crippen MR) is 125 cm³/mol. The fourth-order valence-corrected chi connectivity index (χ4v) is 6.07. The van der Waals surface area contributed by atoms with Crippen LogP contribution in [0.4, 0.5) is 5.69 Å². The van der Waals surface area contributed by atoms with E-state index in [1.54, 1.807) is 12.1 Å². The van der Waals surface area contributed by atoms with E-state index in [9.17, 15) is 13.2 Å². The number of likely N-dealkylation sites (tertiary alicyclic amines) is 1. The third-order valence-corrected chi connectivity index (χ3v) is 8.43. The van der Waals surface area contributed by atoms with Crippen molar-refractivity contribution < 1.29 is 13.2 Å². The van der Waals surface area contributed by atoms with Gasteiger partial charge in [-0.25, -0.2) is 8.42 Å². The molecule has 1 aromatic carbocycles. The van der Waals surface area contributed by atoms with E-state index in [-0.39, 0.29) is 10.8 Å². The highest BCUT2D eigenvalue weighted by Crippen LogP contribution is 2.28. The van der Waals surface area contributed by atoms with Crippen molar-refractivity contribution in [1.82, 2.24) is 14.5 Å². The highest BCUT2D eigenvalue weighted by atomic mass is 32.2. The summed E-state index contributed by atoms with van der Waals surface area (Å²) in [4.78, 5) is 17.9. The van der Waals surface area contributed by atoms with Crippen molar-refractivity contribution in [3.63, 3.8) is 0 Å². The molecule has 0 aromatic heterocycles. The molecule has 3 rings (SSSR count). The molecule has 0 saturated carbocycles. The average molecular weight is 451 g/mol. The first-order valence-electron chi connectivity index (χ1n) is 11.9. The fraction of sp³-hybridized carbons (Fsp3) is 0.696. The minimum absolute atomic E-state index is 0.183. The van der Waals surface area contributed by atoms with Crippen LogP contribution in [-0.2, 0) is 10.0 Å². The van der Waals surface area contributed by atoms with Gasteiger partial charge in [-0.2, -0.15) is 4.31 Å². The minimum Gasteiger partial charge on any atom is -0.371 e. The maximum atomic E-state index is 13.1. The van der Waals surface area contributed by atoms with E-state index in [0.29, 0.717) is 25.2 Å².